The lowest BCUT2D eigenvalue weighted by Crippen LogP contribution is -2.02. The zero-order valence-corrected chi connectivity index (χ0v) is 27.3. The van der Waals surface area contributed by atoms with Crippen LogP contribution in [-0.4, -0.2) is 9.97 Å². The first-order valence-electron chi connectivity index (χ1n) is 17.1. The fourth-order valence-corrected chi connectivity index (χ4v) is 7.59. The maximum Gasteiger partial charge on any atom is 0.161 e. The molecule has 1 unspecified atom stereocenters. The average Bonchev–Trinajstić information content (AvgIpc) is 3.18. The third-order valence-electron chi connectivity index (χ3n) is 9.94. The van der Waals surface area contributed by atoms with Gasteiger partial charge in [0.05, 0.1) is 11.4 Å². The Labute approximate surface area is 287 Å². The standard InChI is InChI=1S/C47H34N2/c1-31-15-14-26-40-37-22-10-11-24-39(37)43-29-34(27-28-41(43)46(31)40)35-20-8-9-21-36(35)38-23-12-13-25-42(38)47-48-44(32-16-4-2-5-17-32)30-45(49-47)33-18-6-3-7-19-33/h2-14,16-31H,15H2,1H3. The normalized spacial score (nSPS) is 13.9. The number of rotatable bonds is 5. The lowest BCUT2D eigenvalue weighted by Gasteiger charge is -2.23. The van der Waals surface area contributed by atoms with Gasteiger partial charge in [0.15, 0.2) is 5.82 Å². The van der Waals surface area contributed by atoms with Gasteiger partial charge in [-0.25, -0.2) is 9.97 Å². The molecule has 0 fully saturated rings. The molecular weight excluding hydrogens is 593 g/mol. The first-order valence-corrected chi connectivity index (χ1v) is 17.1. The van der Waals surface area contributed by atoms with Crippen molar-refractivity contribution in [1.29, 1.82) is 0 Å². The SMILES string of the molecule is CC1CC=Cc2c1c1ccc(-c3ccccc3-c3ccccc3-c3nc(-c4ccccc4)cc(-c4ccccc4)n3)cc1c1ccccc21. The van der Waals surface area contributed by atoms with E-state index in [1.54, 1.807) is 0 Å². The van der Waals surface area contributed by atoms with E-state index in [1.165, 1.54) is 43.8 Å². The highest BCUT2D eigenvalue weighted by Gasteiger charge is 2.21. The molecule has 1 aliphatic rings. The average molecular weight is 627 g/mol. The number of benzene rings is 7. The molecule has 232 valence electrons. The van der Waals surface area contributed by atoms with Crippen LogP contribution in [0.25, 0.3) is 83.8 Å². The van der Waals surface area contributed by atoms with Gasteiger partial charge < -0.3 is 0 Å². The number of fused-ring (bicyclic) bond motifs is 6. The summed E-state index contributed by atoms with van der Waals surface area (Å²) in [6.45, 7) is 2.36. The molecule has 0 bridgehead atoms. The third kappa shape index (κ3) is 5.14. The van der Waals surface area contributed by atoms with Gasteiger partial charge in [-0.1, -0.05) is 165 Å². The van der Waals surface area contributed by atoms with Crippen molar-refractivity contribution in [2.45, 2.75) is 19.3 Å². The Hall–Kier alpha value is -6.12. The second kappa shape index (κ2) is 12.2. The van der Waals surface area contributed by atoms with Crippen LogP contribution in [0, 0.1) is 0 Å². The van der Waals surface area contributed by atoms with Gasteiger partial charge in [0.25, 0.3) is 0 Å². The summed E-state index contributed by atoms with van der Waals surface area (Å²) in [4.78, 5) is 10.4. The van der Waals surface area contributed by atoms with Crippen LogP contribution in [0.2, 0.25) is 0 Å². The Balaban J connectivity index is 1.24. The minimum atomic E-state index is 0.476. The van der Waals surface area contributed by atoms with E-state index in [2.05, 4.69) is 165 Å². The quantitative estimate of drug-likeness (QED) is 0.178. The highest BCUT2D eigenvalue weighted by Crippen LogP contribution is 2.44. The van der Waals surface area contributed by atoms with Crippen molar-refractivity contribution in [3.05, 3.63) is 175 Å². The molecule has 8 aromatic rings. The Kier molecular flexibility index (Phi) is 7.21. The van der Waals surface area contributed by atoms with Gasteiger partial charge in [-0.2, -0.15) is 0 Å². The van der Waals surface area contributed by atoms with E-state index in [1.807, 2.05) is 12.1 Å². The van der Waals surface area contributed by atoms with Gasteiger partial charge in [-0.05, 0) is 79.4 Å². The first kappa shape index (κ1) is 29.1. The third-order valence-corrected chi connectivity index (χ3v) is 9.94. The fraction of sp³-hybridized carbons (Fsp3) is 0.0638. The van der Waals surface area contributed by atoms with E-state index in [4.69, 9.17) is 9.97 Å². The van der Waals surface area contributed by atoms with E-state index in [9.17, 15) is 0 Å². The molecule has 1 heterocycles. The van der Waals surface area contributed by atoms with Crippen molar-refractivity contribution in [1.82, 2.24) is 9.97 Å². The van der Waals surface area contributed by atoms with Gasteiger partial charge in [-0.15, -0.1) is 0 Å². The van der Waals surface area contributed by atoms with Gasteiger partial charge in [0.1, 0.15) is 0 Å². The molecule has 1 aliphatic carbocycles. The van der Waals surface area contributed by atoms with Crippen LogP contribution < -0.4 is 0 Å². The molecule has 0 N–H and O–H groups in total. The lowest BCUT2D eigenvalue weighted by molar-refractivity contribution is 0.781. The van der Waals surface area contributed by atoms with Crippen LogP contribution in [0.15, 0.2) is 164 Å². The van der Waals surface area contributed by atoms with Crippen LogP contribution in [-0.2, 0) is 0 Å². The molecule has 9 rings (SSSR count). The Bertz CT molecular complexity index is 2470. The van der Waals surface area contributed by atoms with Crippen LogP contribution in [0.5, 0.6) is 0 Å². The van der Waals surface area contributed by atoms with Crippen LogP contribution >= 0.6 is 0 Å². The molecule has 0 aliphatic heterocycles. The molecule has 0 spiro atoms. The Morgan fingerprint density at radius 3 is 1.67 bits per heavy atom. The van der Waals surface area contributed by atoms with Crippen molar-refractivity contribution in [3.63, 3.8) is 0 Å². The molecule has 2 nitrogen and oxygen atoms in total. The lowest BCUT2D eigenvalue weighted by atomic mass is 9.80. The van der Waals surface area contributed by atoms with Crippen LogP contribution in [0.4, 0.5) is 0 Å². The zero-order valence-electron chi connectivity index (χ0n) is 27.3. The van der Waals surface area contributed by atoms with Gasteiger partial charge >= 0.3 is 0 Å². The van der Waals surface area contributed by atoms with Gasteiger partial charge in [0.2, 0.25) is 0 Å². The van der Waals surface area contributed by atoms with Crippen molar-refractivity contribution in [2.75, 3.05) is 0 Å². The molecular formula is C47H34N2. The predicted octanol–water partition coefficient (Wildman–Crippen LogP) is 12.6. The highest BCUT2D eigenvalue weighted by molar-refractivity contribution is 6.14. The smallest absolute Gasteiger partial charge is 0.161 e. The topological polar surface area (TPSA) is 25.8 Å². The molecule has 49 heavy (non-hydrogen) atoms. The maximum absolute atomic E-state index is 5.19. The summed E-state index contributed by atoms with van der Waals surface area (Å²) in [5, 5.41) is 5.29. The van der Waals surface area contributed by atoms with Crippen molar-refractivity contribution in [2.24, 2.45) is 0 Å². The van der Waals surface area contributed by atoms with Crippen LogP contribution in [0.3, 0.4) is 0 Å². The maximum atomic E-state index is 5.19. The van der Waals surface area contributed by atoms with Gasteiger partial charge in [-0.3, -0.25) is 0 Å². The summed E-state index contributed by atoms with van der Waals surface area (Å²) in [6, 6.07) is 56.1. The molecule has 0 saturated carbocycles. The monoisotopic (exact) mass is 626 g/mol. The molecule has 0 amide bonds. The summed E-state index contributed by atoms with van der Waals surface area (Å²) in [5.74, 6) is 1.19. The molecule has 1 aromatic heterocycles. The Morgan fingerprint density at radius 1 is 0.449 bits per heavy atom. The van der Waals surface area contributed by atoms with Crippen molar-refractivity contribution >= 4 is 27.6 Å². The molecule has 7 aromatic carbocycles. The molecule has 2 heteroatoms. The summed E-state index contributed by atoms with van der Waals surface area (Å²) >= 11 is 0. The predicted molar refractivity (Wildman–Crippen MR) is 206 cm³/mol. The van der Waals surface area contributed by atoms with Crippen molar-refractivity contribution < 1.29 is 0 Å². The second-order valence-electron chi connectivity index (χ2n) is 13.0. The summed E-state index contributed by atoms with van der Waals surface area (Å²) in [6.07, 6.45) is 5.73. The van der Waals surface area contributed by atoms with Gasteiger partial charge in [0, 0.05) is 16.7 Å². The summed E-state index contributed by atoms with van der Waals surface area (Å²) < 4.78 is 0. The number of hydrogen-bond donors (Lipinski definition) is 0. The largest absolute Gasteiger partial charge is 0.228 e. The fourth-order valence-electron chi connectivity index (χ4n) is 7.59. The molecule has 1 atom stereocenters. The Morgan fingerprint density at radius 2 is 1.00 bits per heavy atom. The summed E-state index contributed by atoms with van der Waals surface area (Å²) in [7, 11) is 0. The van der Waals surface area contributed by atoms with E-state index in [0.717, 1.165) is 45.6 Å². The minimum Gasteiger partial charge on any atom is -0.228 e. The summed E-state index contributed by atoms with van der Waals surface area (Å²) in [5.41, 5.74) is 12.4. The van der Waals surface area contributed by atoms with E-state index >= 15 is 0 Å². The molecule has 0 saturated heterocycles. The van der Waals surface area contributed by atoms with E-state index in [-0.39, 0.29) is 0 Å². The highest BCUT2D eigenvalue weighted by atomic mass is 14.9. The van der Waals surface area contributed by atoms with E-state index in [0.29, 0.717) is 11.7 Å². The van der Waals surface area contributed by atoms with Crippen LogP contribution in [0.1, 0.15) is 30.4 Å². The number of allylic oxidation sites excluding steroid dienone is 1. The minimum absolute atomic E-state index is 0.476. The number of nitrogens with zero attached hydrogens (tertiary/aromatic N) is 2. The number of aromatic nitrogens is 2. The second-order valence-corrected chi connectivity index (χ2v) is 13.0. The van der Waals surface area contributed by atoms with E-state index < -0.39 is 0 Å². The first-order chi connectivity index (χ1) is 24.2. The number of hydrogen-bond acceptors (Lipinski definition) is 2. The van der Waals surface area contributed by atoms with Crippen molar-refractivity contribution in [3.8, 4) is 56.2 Å². The molecule has 0 radical (unpaired) electrons. The zero-order chi connectivity index (χ0) is 32.7.